The van der Waals surface area contributed by atoms with E-state index in [2.05, 4.69) is 11.5 Å². The standard InChI is InChI=1S/C7H15NO/c1-3-5-8(2)6-4-7-9/h3,9H,1,4-7H2,2H3. The third-order valence-electron chi connectivity index (χ3n) is 1.14. The van der Waals surface area contributed by atoms with Crippen LogP contribution in [-0.2, 0) is 0 Å². The van der Waals surface area contributed by atoms with E-state index in [4.69, 9.17) is 5.11 Å². The lowest BCUT2D eigenvalue weighted by molar-refractivity contribution is 0.256. The molecule has 0 heterocycles. The summed E-state index contributed by atoms with van der Waals surface area (Å²) in [6.07, 6.45) is 2.71. The molecule has 0 spiro atoms. The van der Waals surface area contributed by atoms with Gasteiger partial charge >= 0.3 is 0 Å². The van der Waals surface area contributed by atoms with Gasteiger partial charge in [-0.15, -0.1) is 6.58 Å². The minimum Gasteiger partial charge on any atom is -0.396 e. The Kier molecular flexibility index (Phi) is 5.57. The first-order valence-electron chi connectivity index (χ1n) is 3.21. The Hall–Kier alpha value is -0.340. The van der Waals surface area contributed by atoms with Crippen molar-refractivity contribution in [1.82, 2.24) is 4.90 Å². The Balaban J connectivity index is 3.04. The van der Waals surface area contributed by atoms with Gasteiger partial charge in [0.2, 0.25) is 0 Å². The van der Waals surface area contributed by atoms with Gasteiger partial charge < -0.3 is 10.0 Å². The highest BCUT2D eigenvalue weighted by atomic mass is 16.3. The first-order chi connectivity index (χ1) is 4.31. The van der Waals surface area contributed by atoms with E-state index in [1.165, 1.54) is 0 Å². The summed E-state index contributed by atoms with van der Waals surface area (Å²) in [4.78, 5) is 2.11. The second-order valence-electron chi connectivity index (χ2n) is 2.13. The first kappa shape index (κ1) is 8.66. The fourth-order valence-electron chi connectivity index (χ4n) is 0.652. The molecule has 0 fully saturated rings. The van der Waals surface area contributed by atoms with Gasteiger partial charge in [0, 0.05) is 19.7 Å². The number of aliphatic hydroxyl groups is 1. The summed E-state index contributed by atoms with van der Waals surface area (Å²) in [5.41, 5.74) is 0. The molecule has 0 radical (unpaired) electrons. The summed E-state index contributed by atoms with van der Waals surface area (Å²) < 4.78 is 0. The van der Waals surface area contributed by atoms with Crippen LogP contribution in [0.15, 0.2) is 12.7 Å². The molecule has 1 N–H and O–H groups in total. The zero-order chi connectivity index (χ0) is 7.11. The average molecular weight is 129 g/mol. The van der Waals surface area contributed by atoms with Crippen LogP contribution in [0.3, 0.4) is 0 Å². The van der Waals surface area contributed by atoms with Gasteiger partial charge in [-0.25, -0.2) is 0 Å². The van der Waals surface area contributed by atoms with Gasteiger partial charge in [-0.3, -0.25) is 0 Å². The Morgan fingerprint density at radius 2 is 2.33 bits per heavy atom. The lowest BCUT2D eigenvalue weighted by Crippen LogP contribution is -2.19. The maximum Gasteiger partial charge on any atom is 0.0443 e. The van der Waals surface area contributed by atoms with E-state index >= 15 is 0 Å². The summed E-state index contributed by atoms with van der Waals surface area (Å²) in [5, 5.41) is 8.43. The maximum atomic E-state index is 8.43. The Morgan fingerprint density at radius 1 is 1.67 bits per heavy atom. The van der Waals surface area contributed by atoms with E-state index in [1.54, 1.807) is 0 Å². The molecular formula is C7H15NO. The minimum absolute atomic E-state index is 0.279. The van der Waals surface area contributed by atoms with Gasteiger partial charge in [0.05, 0.1) is 0 Å². The SMILES string of the molecule is C=CCN(C)CCCO. The number of hydrogen-bond donors (Lipinski definition) is 1. The maximum absolute atomic E-state index is 8.43. The van der Waals surface area contributed by atoms with Crippen LogP contribution < -0.4 is 0 Å². The molecule has 2 nitrogen and oxygen atoms in total. The third kappa shape index (κ3) is 5.53. The molecular weight excluding hydrogens is 114 g/mol. The van der Waals surface area contributed by atoms with Crippen LogP contribution in [0.25, 0.3) is 0 Å². The molecule has 0 aromatic rings. The van der Waals surface area contributed by atoms with E-state index in [0.717, 1.165) is 19.5 Å². The molecule has 0 aliphatic heterocycles. The van der Waals surface area contributed by atoms with Crippen molar-refractivity contribution >= 4 is 0 Å². The second kappa shape index (κ2) is 5.79. The molecule has 0 unspecified atom stereocenters. The van der Waals surface area contributed by atoms with Crippen molar-refractivity contribution in [2.24, 2.45) is 0 Å². The van der Waals surface area contributed by atoms with Gasteiger partial charge in [0.25, 0.3) is 0 Å². The molecule has 0 aliphatic rings. The molecule has 0 aromatic carbocycles. The van der Waals surface area contributed by atoms with Crippen molar-refractivity contribution < 1.29 is 5.11 Å². The highest BCUT2D eigenvalue weighted by Gasteiger charge is 1.91. The topological polar surface area (TPSA) is 23.5 Å². The van der Waals surface area contributed by atoms with Gasteiger partial charge in [-0.05, 0) is 13.5 Å². The monoisotopic (exact) mass is 129 g/mol. The molecule has 0 bridgehead atoms. The predicted molar refractivity (Wildman–Crippen MR) is 39.4 cm³/mol. The smallest absolute Gasteiger partial charge is 0.0443 e. The van der Waals surface area contributed by atoms with Gasteiger partial charge in [-0.2, -0.15) is 0 Å². The van der Waals surface area contributed by atoms with Crippen molar-refractivity contribution in [2.45, 2.75) is 6.42 Å². The van der Waals surface area contributed by atoms with Crippen LogP contribution in [-0.4, -0.2) is 36.8 Å². The number of hydrogen-bond acceptors (Lipinski definition) is 2. The van der Waals surface area contributed by atoms with Crippen LogP contribution in [0.1, 0.15) is 6.42 Å². The third-order valence-corrected chi connectivity index (χ3v) is 1.14. The van der Waals surface area contributed by atoms with Gasteiger partial charge in [0.15, 0.2) is 0 Å². The summed E-state index contributed by atoms with van der Waals surface area (Å²) in [6.45, 7) is 5.73. The summed E-state index contributed by atoms with van der Waals surface area (Å²) in [7, 11) is 2.01. The zero-order valence-corrected chi connectivity index (χ0v) is 6.01. The highest BCUT2D eigenvalue weighted by Crippen LogP contribution is 1.84. The van der Waals surface area contributed by atoms with Crippen LogP contribution in [0.4, 0.5) is 0 Å². The van der Waals surface area contributed by atoms with Crippen LogP contribution >= 0.6 is 0 Å². The van der Waals surface area contributed by atoms with Crippen LogP contribution in [0, 0.1) is 0 Å². The molecule has 54 valence electrons. The Labute approximate surface area is 56.8 Å². The first-order valence-corrected chi connectivity index (χ1v) is 3.21. The van der Waals surface area contributed by atoms with Gasteiger partial charge in [-0.1, -0.05) is 6.08 Å². The van der Waals surface area contributed by atoms with Crippen molar-refractivity contribution in [2.75, 3.05) is 26.7 Å². The van der Waals surface area contributed by atoms with E-state index in [9.17, 15) is 0 Å². The largest absolute Gasteiger partial charge is 0.396 e. The number of nitrogens with zero attached hydrogens (tertiary/aromatic N) is 1. The molecule has 0 atom stereocenters. The normalized spacial score (nSPS) is 10.1. The molecule has 0 saturated heterocycles. The molecule has 0 aromatic heterocycles. The van der Waals surface area contributed by atoms with Crippen molar-refractivity contribution in [3.8, 4) is 0 Å². The highest BCUT2D eigenvalue weighted by molar-refractivity contribution is 4.70. The van der Waals surface area contributed by atoms with E-state index in [0.29, 0.717) is 0 Å². The Bertz CT molecular complexity index is 73.3. The summed E-state index contributed by atoms with van der Waals surface area (Å²) in [5.74, 6) is 0. The summed E-state index contributed by atoms with van der Waals surface area (Å²) in [6, 6.07) is 0. The van der Waals surface area contributed by atoms with Crippen LogP contribution in [0.5, 0.6) is 0 Å². The number of rotatable bonds is 5. The number of likely N-dealkylation sites (N-methyl/N-ethyl adjacent to an activating group) is 1. The van der Waals surface area contributed by atoms with Crippen molar-refractivity contribution in [3.63, 3.8) is 0 Å². The quantitative estimate of drug-likeness (QED) is 0.546. The Morgan fingerprint density at radius 3 is 2.78 bits per heavy atom. The van der Waals surface area contributed by atoms with E-state index in [1.807, 2.05) is 13.1 Å². The molecule has 0 aliphatic carbocycles. The minimum atomic E-state index is 0.279. The molecule has 0 amide bonds. The molecule has 2 heteroatoms. The van der Waals surface area contributed by atoms with E-state index < -0.39 is 0 Å². The zero-order valence-electron chi connectivity index (χ0n) is 6.01. The molecule has 9 heavy (non-hydrogen) atoms. The lowest BCUT2D eigenvalue weighted by atomic mass is 10.4. The van der Waals surface area contributed by atoms with Crippen molar-refractivity contribution in [3.05, 3.63) is 12.7 Å². The number of aliphatic hydroxyl groups excluding tert-OH is 1. The fraction of sp³-hybridized carbons (Fsp3) is 0.714. The van der Waals surface area contributed by atoms with Crippen LogP contribution in [0.2, 0.25) is 0 Å². The second-order valence-corrected chi connectivity index (χ2v) is 2.13. The fourth-order valence-corrected chi connectivity index (χ4v) is 0.652. The van der Waals surface area contributed by atoms with Crippen molar-refractivity contribution in [1.29, 1.82) is 0 Å². The van der Waals surface area contributed by atoms with E-state index in [-0.39, 0.29) is 6.61 Å². The predicted octanol–water partition coefficient (Wildman–Crippen LogP) is 0.487. The van der Waals surface area contributed by atoms with Gasteiger partial charge in [0.1, 0.15) is 0 Å². The average Bonchev–Trinajstić information content (AvgIpc) is 1.85. The molecule has 0 saturated carbocycles. The summed E-state index contributed by atoms with van der Waals surface area (Å²) >= 11 is 0. The lowest BCUT2D eigenvalue weighted by Gasteiger charge is -2.11. The molecule has 0 rings (SSSR count).